The summed E-state index contributed by atoms with van der Waals surface area (Å²) in [7, 11) is 0. The number of aromatic nitrogens is 6. The van der Waals surface area contributed by atoms with Gasteiger partial charge in [0.2, 0.25) is 0 Å². The van der Waals surface area contributed by atoms with E-state index in [4.69, 9.17) is 0 Å². The molecule has 0 aliphatic heterocycles. The van der Waals surface area contributed by atoms with Crippen LogP contribution in [-0.4, -0.2) is 29.9 Å². The largest absolute Gasteiger partial charge is 0.262 e. The zero-order chi connectivity index (χ0) is 13.6. The van der Waals surface area contributed by atoms with Crippen LogP contribution < -0.4 is 0 Å². The van der Waals surface area contributed by atoms with Crippen molar-refractivity contribution in [2.24, 2.45) is 0 Å². The summed E-state index contributed by atoms with van der Waals surface area (Å²) in [5.74, 6) is 0. The molecule has 20 heavy (non-hydrogen) atoms. The molecule has 0 aliphatic rings. The van der Waals surface area contributed by atoms with E-state index < -0.39 is 0 Å². The van der Waals surface area contributed by atoms with E-state index in [0.717, 1.165) is 21.9 Å². The van der Waals surface area contributed by atoms with Crippen molar-refractivity contribution in [2.75, 3.05) is 0 Å². The Morgan fingerprint density at radius 2 is 1.40 bits per heavy atom. The van der Waals surface area contributed by atoms with Crippen LogP contribution in [0.15, 0.2) is 61.8 Å². The van der Waals surface area contributed by atoms with Gasteiger partial charge in [0, 0.05) is 24.0 Å². The fourth-order valence-electron chi connectivity index (χ4n) is 1.64. The van der Waals surface area contributed by atoms with E-state index in [1.165, 1.54) is 12.7 Å². The van der Waals surface area contributed by atoms with Crippen LogP contribution in [0.1, 0.15) is 0 Å². The van der Waals surface area contributed by atoms with Crippen molar-refractivity contribution in [1.82, 2.24) is 29.9 Å². The summed E-state index contributed by atoms with van der Waals surface area (Å²) in [4.78, 5) is 23.7. The maximum Gasteiger partial charge on any atom is 0.116 e. The molecule has 0 bridgehead atoms. The monoisotopic (exact) mass is 262 g/mol. The van der Waals surface area contributed by atoms with Crippen molar-refractivity contribution in [2.45, 2.75) is 0 Å². The molecule has 96 valence electrons. The standard InChI is InChI=1S/2C7H5N3/c1-2-8-4-7-6(1)3-9-5-10-7;1-2-6-7(9-3-1)4-8-5-10-6/h2*1-5H. The van der Waals surface area contributed by atoms with Crippen LogP contribution in [0.4, 0.5) is 0 Å². The van der Waals surface area contributed by atoms with Crippen LogP contribution in [0, 0.1) is 0 Å². The molecule has 0 spiro atoms. The highest BCUT2D eigenvalue weighted by Gasteiger charge is 1.89. The highest BCUT2D eigenvalue weighted by molar-refractivity contribution is 5.75. The lowest BCUT2D eigenvalue weighted by Gasteiger charge is -1.90. The van der Waals surface area contributed by atoms with Gasteiger partial charge in [-0.1, -0.05) is 0 Å². The van der Waals surface area contributed by atoms with Gasteiger partial charge in [0.05, 0.1) is 23.4 Å². The highest BCUT2D eigenvalue weighted by atomic mass is 14.8. The molecular formula is C14H10N6. The van der Waals surface area contributed by atoms with Crippen molar-refractivity contribution in [3.63, 3.8) is 0 Å². The fourth-order valence-corrected chi connectivity index (χ4v) is 1.64. The molecule has 6 nitrogen and oxygen atoms in total. The lowest BCUT2D eigenvalue weighted by Crippen LogP contribution is -1.81. The molecule has 0 atom stereocenters. The molecule has 4 rings (SSSR count). The van der Waals surface area contributed by atoms with Crippen LogP contribution in [0.2, 0.25) is 0 Å². The van der Waals surface area contributed by atoms with E-state index in [0.29, 0.717) is 0 Å². The van der Waals surface area contributed by atoms with E-state index in [-0.39, 0.29) is 0 Å². The fraction of sp³-hybridized carbons (Fsp3) is 0. The first kappa shape index (κ1) is 12.0. The molecule has 4 heterocycles. The van der Waals surface area contributed by atoms with Gasteiger partial charge in [-0.2, -0.15) is 0 Å². The molecule has 6 heteroatoms. The molecular weight excluding hydrogens is 252 g/mol. The van der Waals surface area contributed by atoms with E-state index in [9.17, 15) is 0 Å². The lowest BCUT2D eigenvalue weighted by atomic mass is 10.3. The summed E-state index contributed by atoms with van der Waals surface area (Å²) < 4.78 is 0. The van der Waals surface area contributed by atoms with Crippen molar-refractivity contribution < 1.29 is 0 Å². The molecule has 0 fully saturated rings. The van der Waals surface area contributed by atoms with Gasteiger partial charge in [0.25, 0.3) is 0 Å². The lowest BCUT2D eigenvalue weighted by molar-refractivity contribution is 1.20. The summed E-state index contributed by atoms with van der Waals surface area (Å²) in [6.45, 7) is 0. The Morgan fingerprint density at radius 3 is 2.25 bits per heavy atom. The highest BCUT2D eigenvalue weighted by Crippen LogP contribution is 2.04. The zero-order valence-corrected chi connectivity index (χ0v) is 10.5. The topological polar surface area (TPSA) is 77.3 Å². The molecule has 0 unspecified atom stereocenters. The van der Waals surface area contributed by atoms with E-state index in [2.05, 4.69) is 29.9 Å². The number of nitrogens with zero attached hydrogens (tertiary/aromatic N) is 6. The number of rotatable bonds is 0. The third kappa shape index (κ3) is 2.69. The van der Waals surface area contributed by atoms with Gasteiger partial charge >= 0.3 is 0 Å². The second-order valence-corrected chi connectivity index (χ2v) is 3.89. The van der Waals surface area contributed by atoms with E-state index in [1.54, 1.807) is 31.0 Å². The van der Waals surface area contributed by atoms with Crippen LogP contribution in [-0.2, 0) is 0 Å². The molecule has 4 aromatic rings. The molecule has 0 saturated heterocycles. The minimum atomic E-state index is 0.838. The number of fused-ring (bicyclic) bond motifs is 2. The van der Waals surface area contributed by atoms with E-state index in [1.807, 2.05) is 18.2 Å². The molecule has 0 N–H and O–H groups in total. The van der Waals surface area contributed by atoms with Gasteiger partial charge in [-0.05, 0) is 18.2 Å². The molecule has 0 aromatic carbocycles. The molecule has 4 aromatic heterocycles. The summed E-state index contributed by atoms with van der Waals surface area (Å²) in [5.41, 5.74) is 2.61. The Kier molecular flexibility index (Phi) is 3.46. The van der Waals surface area contributed by atoms with Gasteiger partial charge < -0.3 is 0 Å². The average molecular weight is 262 g/mol. The third-order valence-electron chi connectivity index (χ3n) is 2.59. The predicted molar refractivity (Wildman–Crippen MR) is 74.7 cm³/mol. The molecule has 0 amide bonds. The van der Waals surface area contributed by atoms with Crippen LogP contribution >= 0.6 is 0 Å². The van der Waals surface area contributed by atoms with Gasteiger partial charge in [-0.25, -0.2) is 19.9 Å². The third-order valence-corrected chi connectivity index (χ3v) is 2.59. The van der Waals surface area contributed by atoms with Crippen molar-refractivity contribution in [1.29, 1.82) is 0 Å². The van der Waals surface area contributed by atoms with Gasteiger partial charge in [0.1, 0.15) is 18.2 Å². The van der Waals surface area contributed by atoms with Gasteiger partial charge in [-0.15, -0.1) is 0 Å². The Balaban J connectivity index is 0.000000121. The molecule has 0 saturated carbocycles. The van der Waals surface area contributed by atoms with Gasteiger partial charge in [-0.3, -0.25) is 9.97 Å². The Hall–Kier alpha value is -3.02. The zero-order valence-electron chi connectivity index (χ0n) is 10.5. The Bertz CT molecular complexity index is 631. The molecule has 0 radical (unpaired) electrons. The van der Waals surface area contributed by atoms with Crippen LogP contribution in [0.3, 0.4) is 0 Å². The van der Waals surface area contributed by atoms with Crippen molar-refractivity contribution in [3.05, 3.63) is 61.8 Å². The normalized spacial score (nSPS) is 10.0. The Labute approximate surface area is 114 Å². The van der Waals surface area contributed by atoms with E-state index >= 15 is 0 Å². The predicted octanol–water partition coefficient (Wildman–Crippen LogP) is 2.05. The SMILES string of the molecule is c1cc2cncnc2cn1.c1cnc2cncnc2c1. The second-order valence-electron chi connectivity index (χ2n) is 3.89. The van der Waals surface area contributed by atoms with Crippen LogP contribution in [0.25, 0.3) is 21.9 Å². The summed E-state index contributed by atoms with van der Waals surface area (Å²) in [5, 5.41) is 1.03. The summed E-state index contributed by atoms with van der Waals surface area (Å²) >= 11 is 0. The summed E-state index contributed by atoms with van der Waals surface area (Å²) in [6.07, 6.45) is 11.7. The molecule has 0 aliphatic carbocycles. The first-order chi connectivity index (χ1) is 9.93. The first-order valence-corrected chi connectivity index (χ1v) is 5.94. The second kappa shape index (κ2) is 5.75. The minimum absolute atomic E-state index is 0.838. The number of hydrogen-bond donors (Lipinski definition) is 0. The Morgan fingerprint density at radius 1 is 0.600 bits per heavy atom. The number of pyridine rings is 2. The average Bonchev–Trinajstić information content (AvgIpc) is 2.56. The summed E-state index contributed by atoms with van der Waals surface area (Å²) in [6, 6.07) is 5.65. The van der Waals surface area contributed by atoms with Crippen molar-refractivity contribution in [3.8, 4) is 0 Å². The quantitative estimate of drug-likeness (QED) is 0.482. The smallest absolute Gasteiger partial charge is 0.116 e. The number of hydrogen-bond acceptors (Lipinski definition) is 6. The van der Waals surface area contributed by atoms with Crippen molar-refractivity contribution >= 4 is 21.9 Å². The first-order valence-electron chi connectivity index (χ1n) is 5.94. The maximum absolute atomic E-state index is 4.06. The van der Waals surface area contributed by atoms with Gasteiger partial charge in [0.15, 0.2) is 0 Å². The minimum Gasteiger partial charge on any atom is -0.262 e. The van der Waals surface area contributed by atoms with Crippen LogP contribution in [0.5, 0.6) is 0 Å². The maximum atomic E-state index is 4.06.